The van der Waals surface area contributed by atoms with Crippen molar-refractivity contribution in [2.75, 3.05) is 0 Å². The van der Waals surface area contributed by atoms with Gasteiger partial charge in [0.2, 0.25) is 0 Å². The van der Waals surface area contributed by atoms with Crippen molar-refractivity contribution < 1.29 is 4.79 Å². The van der Waals surface area contributed by atoms with Gasteiger partial charge in [-0.2, -0.15) is 0 Å². The highest BCUT2D eigenvalue weighted by Crippen LogP contribution is 2.20. The van der Waals surface area contributed by atoms with Crippen LogP contribution in [-0.2, 0) is 0 Å². The Kier molecular flexibility index (Phi) is 3.23. The van der Waals surface area contributed by atoms with Crippen molar-refractivity contribution >= 4 is 5.91 Å². The Balaban J connectivity index is 1.73. The van der Waals surface area contributed by atoms with Crippen LogP contribution in [0.4, 0.5) is 0 Å². The lowest BCUT2D eigenvalue weighted by molar-refractivity contribution is 0.0917. The van der Waals surface area contributed by atoms with E-state index in [4.69, 9.17) is 0 Å². The van der Waals surface area contributed by atoms with Crippen molar-refractivity contribution in [1.82, 2.24) is 15.3 Å². The summed E-state index contributed by atoms with van der Waals surface area (Å²) in [4.78, 5) is 19.9. The molecule has 0 bridgehead atoms. The molecule has 4 heteroatoms. The Morgan fingerprint density at radius 1 is 1.05 bits per heavy atom. The van der Waals surface area contributed by atoms with Gasteiger partial charge in [0.1, 0.15) is 6.33 Å². The molecule has 1 saturated carbocycles. The number of aromatic nitrogens is 2. The van der Waals surface area contributed by atoms with Gasteiger partial charge in [-0.1, -0.05) is 12.1 Å². The number of nitrogens with one attached hydrogen (secondary N) is 1. The second-order valence-electron chi connectivity index (χ2n) is 4.81. The van der Waals surface area contributed by atoms with Gasteiger partial charge >= 0.3 is 0 Å². The maximum atomic E-state index is 12.0. The largest absolute Gasteiger partial charge is 0.349 e. The standard InChI is InChI=1S/C15H15N3O/c19-15(18-14-2-1-3-14)12-6-4-11(5-7-12)13-8-16-10-17-9-13/h4-10,14H,1-3H2,(H,18,19). The number of rotatable bonds is 3. The van der Waals surface area contributed by atoms with Gasteiger partial charge in [-0.15, -0.1) is 0 Å². The monoisotopic (exact) mass is 253 g/mol. The zero-order valence-corrected chi connectivity index (χ0v) is 10.5. The maximum Gasteiger partial charge on any atom is 0.251 e. The zero-order chi connectivity index (χ0) is 13.1. The van der Waals surface area contributed by atoms with Crippen LogP contribution >= 0.6 is 0 Å². The van der Waals surface area contributed by atoms with Crippen LogP contribution in [0.25, 0.3) is 11.1 Å². The summed E-state index contributed by atoms with van der Waals surface area (Å²) in [6, 6.07) is 7.91. The molecule has 1 aliphatic rings. The van der Waals surface area contributed by atoms with E-state index >= 15 is 0 Å². The number of benzene rings is 1. The van der Waals surface area contributed by atoms with Gasteiger partial charge in [-0.3, -0.25) is 4.79 Å². The predicted molar refractivity (Wildman–Crippen MR) is 72.6 cm³/mol. The second-order valence-corrected chi connectivity index (χ2v) is 4.81. The molecule has 2 aromatic rings. The number of hydrogen-bond acceptors (Lipinski definition) is 3. The number of carbonyl (C=O) groups excluding carboxylic acids is 1. The van der Waals surface area contributed by atoms with E-state index in [-0.39, 0.29) is 5.91 Å². The van der Waals surface area contributed by atoms with Crippen LogP contribution in [-0.4, -0.2) is 21.9 Å². The van der Waals surface area contributed by atoms with Gasteiger partial charge < -0.3 is 5.32 Å². The summed E-state index contributed by atoms with van der Waals surface area (Å²) in [6.07, 6.45) is 8.45. The maximum absolute atomic E-state index is 12.0. The van der Waals surface area contributed by atoms with Crippen LogP contribution in [0.15, 0.2) is 43.0 Å². The fourth-order valence-corrected chi connectivity index (χ4v) is 2.08. The van der Waals surface area contributed by atoms with Crippen molar-refractivity contribution in [2.45, 2.75) is 25.3 Å². The summed E-state index contributed by atoms with van der Waals surface area (Å²) < 4.78 is 0. The molecule has 0 saturated heterocycles. The van der Waals surface area contributed by atoms with Crippen molar-refractivity contribution in [3.63, 3.8) is 0 Å². The topological polar surface area (TPSA) is 54.9 Å². The van der Waals surface area contributed by atoms with Crippen molar-refractivity contribution in [3.05, 3.63) is 48.5 Å². The minimum atomic E-state index is 0.0144. The molecule has 1 aromatic carbocycles. The molecule has 0 aliphatic heterocycles. The molecule has 0 atom stereocenters. The van der Waals surface area contributed by atoms with E-state index in [1.54, 1.807) is 12.4 Å². The first kappa shape index (κ1) is 11.8. The predicted octanol–water partition coefficient (Wildman–Crippen LogP) is 2.43. The van der Waals surface area contributed by atoms with E-state index < -0.39 is 0 Å². The molecule has 0 unspecified atom stereocenters. The molecular weight excluding hydrogens is 238 g/mol. The molecule has 3 rings (SSSR count). The summed E-state index contributed by atoms with van der Waals surface area (Å²) >= 11 is 0. The van der Waals surface area contributed by atoms with Crippen LogP contribution in [0.1, 0.15) is 29.6 Å². The first-order valence-electron chi connectivity index (χ1n) is 6.49. The molecule has 19 heavy (non-hydrogen) atoms. The second kappa shape index (κ2) is 5.18. The first-order valence-corrected chi connectivity index (χ1v) is 6.49. The van der Waals surface area contributed by atoms with Crippen molar-refractivity contribution in [3.8, 4) is 11.1 Å². The summed E-state index contributed by atoms with van der Waals surface area (Å²) in [6.45, 7) is 0. The SMILES string of the molecule is O=C(NC1CCC1)c1ccc(-c2cncnc2)cc1. The lowest BCUT2D eigenvalue weighted by Gasteiger charge is -2.26. The molecule has 1 aliphatic carbocycles. The van der Waals surface area contributed by atoms with Crippen LogP contribution in [0.5, 0.6) is 0 Å². The number of carbonyl (C=O) groups is 1. The van der Waals surface area contributed by atoms with Gasteiger partial charge in [0, 0.05) is 29.6 Å². The Morgan fingerprint density at radius 2 is 1.74 bits per heavy atom. The minimum Gasteiger partial charge on any atom is -0.349 e. The van der Waals surface area contributed by atoms with Gasteiger partial charge in [-0.25, -0.2) is 9.97 Å². The molecule has 1 aromatic heterocycles. The molecule has 1 heterocycles. The summed E-state index contributed by atoms with van der Waals surface area (Å²) in [7, 11) is 0. The Morgan fingerprint density at radius 3 is 2.32 bits per heavy atom. The normalized spacial score (nSPS) is 14.7. The quantitative estimate of drug-likeness (QED) is 0.914. The number of nitrogens with zero attached hydrogens (tertiary/aromatic N) is 2. The third-order valence-corrected chi connectivity index (χ3v) is 3.48. The first-order chi connectivity index (χ1) is 9.33. The molecular formula is C15H15N3O. The fraction of sp³-hybridized carbons (Fsp3) is 0.267. The molecule has 96 valence electrons. The summed E-state index contributed by atoms with van der Waals surface area (Å²) in [5.74, 6) is 0.0144. The van der Waals surface area contributed by atoms with E-state index in [0.29, 0.717) is 11.6 Å². The molecule has 1 fully saturated rings. The Labute approximate surface area is 111 Å². The summed E-state index contributed by atoms with van der Waals surface area (Å²) in [5, 5.41) is 3.03. The zero-order valence-electron chi connectivity index (χ0n) is 10.5. The third kappa shape index (κ3) is 2.62. The molecule has 0 radical (unpaired) electrons. The lowest BCUT2D eigenvalue weighted by Crippen LogP contribution is -2.39. The molecule has 0 spiro atoms. The number of amides is 1. The van der Waals surface area contributed by atoms with E-state index in [0.717, 1.165) is 24.0 Å². The van der Waals surface area contributed by atoms with Gasteiger partial charge in [-0.05, 0) is 37.0 Å². The van der Waals surface area contributed by atoms with E-state index in [1.807, 2.05) is 24.3 Å². The molecule has 4 nitrogen and oxygen atoms in total. The van der Waals surface area contributed by atoms with Gasteiger partial charge in [0.05, 0.1) is 0 Å². The van der Waals surface area contributed by atoms with E-state index in [1.165, 1.54) is 12.7 Å². The summed E-state index contributed by atoms with van der Waals surface area (Å²) in [5.41, 5.74) is 2.67. The van der Waals surface area contributed by atoms with Gasteiger partial charge in [0.25, 0.3) is 5.91 Å². The van der Waals surface area contributed by atoms with E-state index in [9.17, 15) is 4.79 Å². The van der Waals surface area contributed by atoms with Crippen LogP contribution in [0, 0.1) is 0 Å². The van der Waals surface area contributed by atoms with Crippen molar-refractivity contribution in [2.24, 2.45) is 0 Å². The molecule has 1 N–H and O–H groups in total. The lowest BCUT2D eigenvalue weighted by atomic mass is 9.93. The number of hydrogen-bond donors (Lipinski definition) is 1. The molecule has 1 amide bonds. The van der Waals surface area contributed by atoms with Gasteiger partial charge in [0.15, 0.2) is 0 Å². The smallest absolute Gasteiger partial charge is 0.251 e. The average molecular weight is 253 g/mol. The highest BCUT2D eigenvalue weighted by Gasteiger charge is 2.19. The Bertz CT molecular complexity index is 562. The Hall–Kier alpha value is -2.23. The van der Waals surface area contributed by atoms with E-state index in [2.05, 4.69) is 15.3 Å². The van der Waals surface area contributed by atoms with Crippen LogP contribution < -0.4 is 5.32 Å². The average Bonchev–Trinajstić information content (AvgIpc) is 2.44. The van der Waals surface area contributed by atoms with Crippen molar-refractivity contribution in [1.29, 1.82) is 0 Å². The third-order valence-electron chi connectivity index (χ3n) is 3.48. The highest BCUT2D eigenvalue weighted by atomic mass is 16.1. The van der Waals surface area contributed by atoms with Crippen LogP contribution in [0.3, 0.4) is 0 Å². The fourth-order valence-electron chi connectivity index (χ4n) is 2.08. The minimum absolute atomic E-state index is 0.0144. The highest BCUT2D eigenvalue weighted by molar-refractivity contribution is 5.94. The van der Waals surface area contributed by atoms with Crippen LogP contribution in [0.2, 0.25) is 0 Å².